The topological polar surface area (TPSA) is 25.2 Å². The zero-order valence-electron chi connectivity index (χ0n) is 8.76. The summed E-state index contributed by atoms with van der Waals surface area (Å²) < 4.78 is 18.6. The van der Waals surface area contributed by atoms with Gasteiger partial charge in [-0.2, -0.15) is 0 Å². The largest absolute Gasteiger partial charge is 0.467 e. The molecule has 2 aromatic rings. The number of benzene rings is 1. The molecular formula is C12H11ClFNO. The summed E-state index contributed by atoms with van der Waals surface area (Å²) in [6.07, 6.45) is 1.62. The van der Waals surface area contributed by atoms with Crippen LogP contribution in [0.5, 0.6) is 0 Å². The van der Waals surface area contributed by atoms with Crippen molar-refractivity contribution in [3.63, 3.8) is 0 Å². The fourth-order valence-electron chi connectivity index (χ4n) is 1.39. The predicted molar refractivity (Wildman–Crippen MR) is 62.2 cm³/mol. The number of halogens is 2. The zero-order chi connectivity index (χ0) is 11.5. The molecule has 0 fully saturated rings. The monoisotopic (exact) mass is 239 g/mol. The van der Waals surface area contributed by atoms with Crippen LogP contribution in [0.15, 0.2) is 34.9 Å². The van der Waals surface area contributed by atoms with Gasteiger partial charge in [-0.25, -0.2) is 4.39 Å². The summed E-state index contributed by atoms with van der Waals surface area (Å²) in [7, 11) is 0. The van der Waals surface area contributed by atoms with E-state index in [1.54, 1.807) is 18.4 Å². The third kappa shape index (κ3) is 2.36. The summed E-state index contributed by atoms with van der Waals surface area (Å²) in [5.41, 5.74) is 1.46. The Bertz CT molecular complexity index is 496. The highest BCUT2D eigenvalue weighted by molar-refractivity contribution is 6.30. The average Bonchev–Trinajstić information content (AvgIpc) is 2.63. The Morgan fingerprint density at radius 2 is 2.19 bits per heavy atom. The molecule has 4 heteroatoms. The van der Waals surface area contributed by atoms with Crippen LogP contribution in [0.2, 0.25) is 5.02 Å². The number of anilines is 1. The molecule has 0 aliphatic carbocycles. The first-order valence-corrected chi connectivity index (χ1v) is 5.26. The summed E-state index contributed by atoms with van der Waals surface area (Å²) in [6, 6.07) is 6.39. The van der Waals surface area contributed by atoms with E-state index in [-0.39, 0.29) is 5.82 Å². The number of furan rings is 1. The maximum absolute atomic E-state index is 13.4. The minimum Gasteiger partial charge on any atom is -0.467 e. The van der Waals surface area contributed by atoms with Crippen molar-refractivity contribution in [1.29, 1.82) is 0 Å². The first-order valence-electron chi connectivity index (χ1n) is 4.88. The Labute approximate surface area is 98.0 Å². The van der Waals surface area contributed by atoms with Crippen molar-refractivity contribution in [3.05, 3.63) is 52.7 Å². The molecule has 0 spiro atoms. The maximum atomic E-state index is 13.4. The normalized spacial score (nSPS) is 10.4. The van der Waals surface area contributed by atoms with Gasteiger partial charge in [-0.1, -0.05) is 11.6 Å². The predicted octanol–water partition coefficient (Wildman–Crippen LogP) is 3.99. The van der Waals surface area contributed by atoms with Gasteiger partial charge in [0, 0.05) is 5.02 Å². The third-order valence-corrected chi connectivity index (χ3v) is 2.57. The first-order chi connectivity index (χ1) is 7.66. The molecule has 0 bridgehead atoms. The molecule has 0 amide bonds. The van der Waals surface area contributed by atoms with E-state index in [0.29, 0.717) is 17.3 Å². The van der Waals surface area contributed by atoms with E-state index >= 15 is 0 Å². The van der Waals surface area contributed by atoms with E-state index in [0.717, 1.165) is 11.3 Å². The van der Waals surface area contributed by atoms with Crippen LogP contribution in [-0.4, -0.2) is 0 Å². The summed E-state index contributed by atoms with van der Waals surface area (Å²) in [5, 5.41) is 3.34. The smallest absolute Gasteiger partial charge is 0.147 e. The van der Waals surface area contributed by atoms with Crippen LogP contribution in [0, 0.1) is 12.7 Å². The SMILES string of the molecule is Cc1ccoc1CNc1ccc(Cl)cc1F. The molecule has 1 aromatic heterocycles. The van der Waals surface area contributed by atoms with Crippen molar-refractivity contribution in [2.75, 3.05) is 5.32 Å². The summed E-state index contributed by atoms with van der Waals surface area (Å²) >= 11 is 5.66. The fraction of sp³-hybridized carbons (Fsp3) is 0.167. The van der Waals surface area contributed by atoms with Crippen LogP contribution in [0.1, 0.15) is 11.3 Å². The standard InChI is InChI=1S/C12H11ClFNO/c1-8-4-5-16-12(8)7-15-11-3-2-9(13)6-10(11)14/h2-6,15H,7H2,1H3. The van der Waals surface area contributed by atoms with Crippen molar-refractivity contribution in [2.24, 2.45) is 0 Å². The third-order valence-electron chi connectivity index (χ3n) is 2.34. The van der Waals surface area contributed by atoms with Gasteiger partial charge in [0.1, 0.15) is 11.6 Å². The summed E-state index contributed by atoms with van der Waals surface area (Å²) in [5.74, 6) is 0.436. The van der Waals surface area contributed by atoms with Gasteiger partial charge in [0.25, 0.3) is 0 Å². The second kappa shape index (κ2) is 4.58. The molecule has 0 saturated carbocycles. The number of nitrogens with one attached hydrogen (secondary N) is 1. The molecule has 0 radical (unpaired) electrons. The Hall–Kier alpha value is -1.48. The molecule has 2 nitrogen and oxygen atoms in total. The van der Waals surface area contributed by atoms with Crippen LogP contribution in [0.25, 0.3) is 0 Å². The van der Waals surface area contributed by atoms with Crippen LogP contribution in [0.4, 0.5) is 10.1 Å². The summed E-state index contributed by atoms with van der Waals surface area (Å²) in [4.78, 5) is 0. The van der Waals surface area contributed by atoms with Gasteiger partial charge in [0.2, 0.25) is 0 Å². The van der Waals surface area contributed by atoms with Crippen molar-refractivity contribution in [3.8, 4) is 0 Å². The molecule has 84 valence electrons. The van der Waals surface area contributed by atoms with Gasteiger partial charge in [-0.3, -0.25) is 0 Å². The molecule has 1 heterocycles. The number of hydrogen-bond donors (Lipinski definition) is 1. The maximum Gasteiger partial charge on any atom is 0.147 e. The molecular weight excluding hydrogens is 229 g/mol. The highest BCUT2D eigenvalue weighted by Gasteiger charge is 2.05. The van der Waals surface area contributed by atoms with Crippen LogP contribution in [-0.2, 0) is 6.54 Å². The first kappa shape index (κ1) is 11.0. The second-order valence-electron chi connectivity index (χ2n) is 3.50. The van der Waals surface area contributed by atoms with Gasteiger partial charge in [0.15, 0.2) is 0 Å². The van der Waals surface area contributed by atoms with Crippen molar-refractivity contribution >= 4 is 17.3 Å². The fourth-order valence-corrected chi connectivity index (χ4v) is 1.55. The molecule has 0 atom stereocenters. The van der Waals surface area contributed by atoms with Gasteiger partial charge in [-0.15, -0.1) is 0 Å². The second-order valence-corrected chi connectivity index (χ2v) is 3.94. The molecule has 0 aliphatic heterocycles. The molecule has 1 N–H and O–H groups in total. The van der Waals surface area contributed by atoms with Gasteiger partial charge in [-0.05, 0) is 36.8 Å². The lowest BCUT2D eigenvalue weighted by Gasteiger charge is -2.06. The number of rotatable bonds is 3. The van der Waals surface area contributed by atoms with Gasteiger partial charge >= 0.3 is 0 Å². The Morgan fingerprint density at radius 1 is 1.38 bits per heavy atom. The van der Waals surface area contributed by atoms with E-state index in [2.05, 4.69) is 5.32 Å². The highest BCUT2D eigenvalue weighted by Crippen LogP contribution is 2.20. The number of hydrogen-bond acceptors (Lipinski definition) is 2. The highest BCUT2D eigenvalue weighted by atomic mass is 35.5. The van der Waals surface area contributed by atoms with Gasteiger partial charge < -0.3 is 9.73 Å². The van der Waals surface area contributed by atoms with Crippen LogP contribution in [0.3, 0.4) is 0 Å². The Morgan fingerprint density at radius 3 is 2.81 bits per heavy atom. The molecule has 0 saturated heterocycles. The van der Waals surface area contributed by atoms with Gasteiger partial charge in [0.05, 0.1) is 18.5 Å². The quantitative estimate of drug-likeness (QED) is 0.876. The lowest BCUT2D eigenvalue weighted by atomic mass is 10.2. The van der Waals surface area contributed by atoms with E-state index in [1.807, 2.05) is 13.0 Å². The van der Waals surface area contributed by atoms with Crippen LogP contribution < -0.4 is 5.32 Å². The molecule has 2 rings (SSSR count). The zero-order valence-corrected chi connectivity index (χ0v) is 9.51. The minimum atomic E-state index is -0.364. The van der Waals surface area contributed by atoms with Crippen molar-refractivity contribution < 1.29 is 8.81 Å². The molecule has 1 aromatic carbocycles. The summed E-state index contributed by atoms with van der Waals surface area (Å²) in [6.45, 7) is 2.40. The van der Waals surface area contributed by atoms with E-state index in [1.165, 1.54) is 6.07 Å². The lowest BCUT2D eigenvalue weighted by Crippen LogP contribution is -2.01. The van der Waals surface area contributed by atoms with E-state index < -0.39 is 0 Å². The average molecular weight is 240 g/mol. The lowest BCUT2D eigenvalue weighted by molar-refractivity contribution is 0.514. The Kier molecular flexibility index (Phi) is 3.15. The van der Waals surface area contributed by atoms with Crippen molar-refractivity contribution in [1.82, 2.24) is 0 Å². The molecule has 16 heavy (non-hydrogen) atoms. The van der Waals surface area contributed by atoms with Crippen LogP contribution >= 0.6 is 11.6 Å². The molecule has 0 aliphatic rings. The van der Waals surface area contributed by atoms with Crippen molar-refractivity contribution in [2.45, 2.75) is 13.5 Å². The number of aryl methyl sites for hydroxylation is 1. The van der Waals surface area contributed by atoms with E-state index in [9.17, 15) is 4.39 Å². The molecule has 0 unspecified atom stereocenters. The van der Waals surface area contributed by atoms with E-state index in [4.69, 9.17) is 16.0 Å². The minimum absolute atomic E-state index is 0.364. The Balaban J connectivity index is 2.08.